The van der Waals surface area contributed by atoms with E-state index in [9.17, 15) is 20.0 Å². The lowest BCUT2D eigenvalue weighted by molar-refractivity contribution is -0.152. The SMILES string of the molecule is [C-]#[N+]c1c(N=Nc2ccc(N(CCOCCOCCOCCOCCOC(=O)CC(CCCCCCCC)C(=O)O)Cc3ccccc3)cc2C)sc(C#N)c1C. The molecule has 13 nitrogen and oxygen atoms in total. The highest BCUT2D eigenvalue weighted by Crippen LogP contribution is 2.42. The van der Waals surface area contributed by atoms with Crippen molar-refractivity contribution in [2.75, 3.05) is 70.9 Å². The highest BCUT2D eigenvalue weighted by atomic mass is 32.1. The van der Waals surface area contributed by atoms with Gasteiger partial charge < -0.3 is 33.7 Å². The molecule has 0 aliphatic rings. The lowest BCUT2D eigenvalue weighted by atomic mass is 9.97. The van der Waals surface area contributed by atoms with Gasteiger partial charge in [0.1, 0.15) is 17.7 Å². The van der Waals surface area contributed by atoms with E-state index in [2.05, 4.69) is 51.2 Å². The Labute approximate surface area is 341 Å². The number of carbonyl (C=O) groups is 2. The standard InChI is InChI=1S/C43H57N5O8S/c1-5-6-7-8-9-13-16-36(43(50)51)30-40(49)56-28-27-55-26-25-54-24-23-53-22-21-52-20-19-48(32-35-14-11-10-12-15-35)37-17-18-38(33(2)29-37)46-47-42-41(45-4)34(3)39(31-44)57-42/h10-12,14-15,17-18,29,36H,5-9,13,16,19-28,30,32H2,1-3H3,(H,50,51). The summed E-state index contributed by atoms with van der Waals surface area (Å²) in [5, 5.41) is 28.0. The fourth-order valence-corrected chi connectivity index (χ4v) is 6.71. The number of carboxylic acids is 1. The lowest BCUT2D eigenvalue weighted by Crippen LogP contribution is -2.27. The Kier molecular flexibility index (Phi) is 22.8. The van der Waals surface area contributed by atoms with Gasteiger partial charge in [0.2, 0.25) is 5.69 Å². The largest absolute Gasteiger partial charge is 0.481 e. The number of aryl methyl sites for hydroxylation is 1. The number of nitrogens with zero attached hydrogens (tertiary/aromatic N) is 5. The summed E-state index contributed by atoms with van der Waals surface area (Å²) in [7, 11) is 0. The zero-order chi connectivity index (χ0) is 41.1. The third-order valence-corrected chi connectivity index (χ3v) is 10.2. The summed E-state index contributed by atoms with van der Waals surface area (Å²) in [5.74, 6) is -2.18. The van der Waals surface area contributed by atoms with Crippen molar-refractivity contribution in [1.29, 1.82) is 5.26 Å². The topological polar surface area (TPSA) is 157 Å². The van der Waals surface area contributed by atoms with Crippen molar-refractivity contribution in [1.82, 2.24) is 0 Å². The van der Waals surface area contributed by atoms with E-state index in [0.29, 0.717) is 92.6 Å². The fourth-order valence-electron chi connectivity index (χ4n) is 5.84. The maximum atomic E-state index is 12.1. The van der Waals surface area contributed by atoms with Gasteiger partial charge in [0.05, 0.1) is 82.3 Å². The van der Waals surface area contributed by atoms with E-state index in [1.807, 2.05) is 37.3 Å². The van der Waals surface area contributed by atoms with Crippen LogP contribution in [0.15, 0.2) is 58.8 Å². The maximum absolute atomic E-state index is 12.1. The molecule has 14 heteroatoms. The summed E-state index contributed by atoms with van der Waals surface area (Å²) in [5.41, 5.74) is 4.80. The van der Waals surface area contributed by atoms with Gasteiger partial charge in [0, 0.05) is 18.8 Å². The van der Waals surface area contributed by atoms with Crippen molar-refractivity contribution in [3.8, 4) is 6.07 Å². The van der Waals surface area contributed by atoms with E-state index in [0.717, 1.165) is 36.9 Å². The minimum Gasteiger partial charge on any atom is -0.481 e. The Hall–Kier alpha value is -4.70. The Morgan fingerprint density at radius 2 is 1.51 bits per heavy atom. The Balaban J connectivity index is 1.28. The van der Waals surface area contributed by atoms with Crippen LogP contribution in [0.2, 0.25) is 0 Å². The van der Waals surface area contributed by atoms with E-state index < -0.39 is 17.9 Å². The summed E-state index contributed by atoms with van der Waals surface area (Å²) in [6, 6.07) is 18.3. The number of hydrogen-bond donors (Lipinski definition) is 1. The summed E-state index contributed by atoms with van der Waals surface area (Å²) < 4.78 is 27.7. The second-order valence-corrected chi connectivity index (χ2v) is 14.5. The summed E-state index contributed by atoms with van der Waals surface area (Å²) >= 11 is 1.17. The highest BCUT2D eigenvalue weighted by molar-refractivity contribution is 7.17. The molecule has 1 atom stereocenters. The summed E-state index contributed by atoms with van der Waals surface area (Å²) in [4.78, 5) is 29.9. The van der Waals surface area contributed by atoms with Crippen molar-refractivity contribution in [2.45, 2.75) is 78.7 Å². The summed E-state index contributed by atoms with van der Waals surface area (Å²) in [6.45, 7) is 17.9. The number of thiophene rings is 1. The molecule has 0 fully saturated rings. The van der Waals surface area contributed by atoms with Gasteiger partial charge in [-0.1, -0.05) is 75.8 Å². The number of ether oxygens (including phenoxy) is 5. The van der Waals surface area contributed by atoms with Gasteiger partial charge in [-0.25, -0.2) is 4.85 Å². The average Bonchev–Trinajstić information content (AvgIpc) is 3.53. The molecule has 1 N–H and O–H groups in total. The minimum atomic E-state index is -0.954. The molecule has 0 saturated heterocycles. The van der Waals surface area contributed by atoms with Crippen molar-refractivity contribution >= 4 is 45.3 Å². The molecule has 1 unspecified atom stereocenters. The Bertz CT molecular complexity index is 1750. The quantitative estimate of drug-likeness (QED) is 0.0298. The molecule has 0 aliphatic carbocycles. The monoisotopic (exact) mass is 803 g/mol. The number of carboxylic acid groups (broad SMARTS) is 1. The molecule has 1 heterocycles. The van der Waals surface area contributed by atoms with Gasteiger partial charge in [0.25, 0.3) is 0 Å². The van der Waals surface area contributed by atoms with E-state index in [4.69, 9.17) is 30.3 Å². The first-order valence-corrected chi connectivity index (χ1v) is 20.5. The first-order valence-electron chi connectivity index (χ1n) is 19.7. The van der Waals surface area contributed by atoms with E-state index in [-0.39, 0.29) is 19.6 Å². The second-order valence-electron chi connectivity index (χ2n) is 13.5. The van der Waals surface area contributed by atoms with E-state index in [1.165, 1.54) is 29.7 Å². The number of aliphatic carboxylic acids is 1. The Morgan fingerprint density at radius 3 is 2.12 bits per heavy atom. The normalized spacial score (nSPS) is 11.7. The van der Waals surface area contributed by atoms with Crippen LogP contribution in [0.4, 0.5) is 22.1 Å². The van der Waals surface area contributed by atoms with Crippen LogP contribution in [0, 0.1) is 37.7 Å². The van der Waals surface area contributed by atoms with Crippen LogP contribution in [-0.2, 0) is 39.8 Å². The number of benzene rings is 2. The lowest BCUT2D eigenvalue weighted by Gasteiger charge is -2.25. The fraction of sp³-hybridized carbons (Fsp3) is 0.535. The molecule has 57 heavy (non-hydrogen) atoms. The molecule has 0 spiro atoms. The number of nitriles is 1. The van der Waals surface area contributed by atoms with Gasteiger partial charge in [-0.15, -0.1) is 11.3 Å². The zero-order valence-corrected chi connectivity index (χ0v) is 34.4. The van der Waals surface area contributed by atoms with Crippen molar-refractivity contribution < 1.29 is 38.4 Å². The van der Waals surface area contributed by atoms with Crippen LogP contribution in [0.5, 0.6) is 0 Å². The minimum absolute atomic E-state index is 0.0722. The first kappa shape index (κ1) is 46.7. The number of unbranched alkanes of at least 4 members (excludes halogenated alkanes) is 5. The van der Waals surface area contributed by atoms with Crippen LogP contribution in [0.25, 0.3) is 4.85 Å². The number of azo groups is 1. The zero-order valence-electron chi connectivity index (χ0n) is 33.6. The molecule has 2 aromatic carbocycles. The molecule has 0 saturated carbocycles. The second kappa shape index (κ2) is 27.8. The van der Waals surface area contributed by atoms with Crippen LogP contribution >= 0.6 is 11.3 Å². The highest BCUT2D eigenvalue weighted by Gasteiger charge is 2.22. The molecule has 0 bridgehead atoms. The number of hydrogen-bond acceptors (Lipinski definition) is 12. The van der Waals surface area contributed by atoms with Crippen LogP contribution < -0.4 is 4.90 Å². The van der Waals surface area contributed by atoms with Crippen LogP contribution in [-0.4, -0.2) is 83.1 Å². The molecule has 3 aromatic rings. The first-order chi connectivity index (χ1) is 27.8. The van der Waals surface area contributed by atoms with Crippen LogP contribution in [0.1, 0.15) is 79.9 Å². The van der Waals surface area contributed by atoms with Gasteiger partial charge >= 0.3 is 11.9 Å². The molecule has 0 amide bonds. The number of esters is 1. The number of carbonyl (C=O) groups excluding carboxylic acids is 1. The van der Waals surface area contributed by atoms with E-state index in [1.54, 1.807) is 6.92 Å². The molecular formula is C43H57N5O8S. The number of rotatable bonds is 30. The average molecular weight is 804 g/mol. The molecular weight excluding hydrogens is 747 g/mol. The van der Waals surface area contributed by atoms with Gasteiger partial charge in [-0.3, -0.25) is 9.59 Å². The predicted octanol–water partition coefficient (Wildman–Crippen LogP) is 9.66. The molecule has 308 valence electrons. The van der Waals surface area contributed by atoms with Gasteiger partial charge in [-0.2, -0.15) is 15.5 Å². The smallest absolute Gasteiger partial charge is 0.307 e. The van der Waals surface area contributed by atoms with Gasteiger partial charge in [-0.05, 0) is 55.2 Å². The van der Waals surface area contributed by atoms with Crippen molar-refractivity contribution in [2.24, 2.45) is 16.1 Å². The van der Waals surface area contributed by atoms with Crippen molar-refractivity contribution in [3.63, 3.8) is 0 Å². The third kappa shape index (κ3) is 18.0. The van der Waals surface area contributed by atoms with Gasteiger partial charge in [0.15, 0.2) is 0 Å². The molecule has 1 aromatic heterocycles. The molecule has 0 aliphatic heterocycles. The third-order valence-electron chi connectivity index (χ3n) is 9.10. The number of anilines is 1. The molecule has 3 rings (SSSR count). The van der Waals surface area contributed by atoms with Crippen molar-refractivity contribution in [3.05, 3.63) is 81.5 Å². The predicted molar refractivity (Wildman–Crippen MR) is 221 cm³/mol. The van der Waals surface area contributed by atoms with E-state index >= 15 is 0 Å². The molecule has 0 radical (unpaired) electrons. The maximum Gasteiger partial charge on any atom is 0.307 e. The Morgan fingerprint density at radius 1 is 0.877 bits per heavy atom. The van der Waals surface area contributed by atoms with Crippen LogP contribution in [0.3, 0.4) is 0 Å². The summed E-state index contributed by atoms with van der Waals surface area (Å²) in [6.07, 6.45) is 6.78.